The SMILES string of the molecule is COC(=O)c1ccc2nc(NCc3ccc(OC)cc3)c3nncn3c2c1. The van der Waals surface area contributed by atoms with E-state index in [2.05, 4.69) is 20.5 Å². The normalized spacial score (nSPS) is 10.9. The second-order valence-corrected chi connectivity index (χ2v) is 5.88. The van der Waals surface area contributed by atoms with E-state index in [0.717, 1.165) is 16.8 Å². The Hall–Kier alpha value is -3.68. The molecule has 0 aliphatic rings. The molecule has 2 aromatic carbocycles. The average molecular weight is 363 g/mol. The Kier molecular flexibility index (Phi) is 4.29. The largest absolute Gasteiger partial charge is 0.497 e. The maximum Gasteiger partial charge on any atom is 0.337 e. The molecule has 27 heavy (non-hydrogen) atoms. The highest BCUT2D eigenvalue weighted by atomic mass is 16.5. The predicted octanol–water partition coefficient (Wildman–Crippen LogP) is 2.68. The first-order chi connectivity index (χ1) is 13.2. The summed E-state index contributed by atoms with van der Waals surface area (Å²) in [5.41, 5.74) is 3.55. The van der Waals surface area contributed by atoms with Crippen LogP contribution >= 0.6 is 0 Å². The van der Waals surface area contributed by atoms with Gasteiger partial charge in [-0.25, -0.2) is 9.78 Å². The zero-order valence-electron chi connectivity index (χ0n) is 14.8. The molecule has 8 heteroatoms. The minimum absolute atomic E-state index is 0.403. The van der Waals surface area contributed by atoms with Crippen molar-refractivity contribution in [3.8, 4) is 5.75 Å². The zero-order chi connectivity index (χ0) is 18.8. The van der Waals surface area contributed by atoms with Gasteiger partial charge in [0.05, 0.1) is 30.8 Å². The lowest BCUT2D eigenvalue weighted by Gasteiger charge is -2.10. The molecule has 0 radical (unpaired) electrons. The van der Waals surface area contributed by atoms with E-state index in [4.69, 9.17) is 9.47 Å². The highest BCUT2D eigenvalue weighted by molar-refractivity contribution is 5.94. The molecular formula is C19H17N5O3. The van der Waals surface area contributed by atoms with E-state index in [9.17, 15) is 4.79 Å². The van der Waals surface area contributed by atoms with Crippen LogP contribution in [0.4, 0.5) is 5.82 Å². The molecule has 0 aliphatic carbocycles. The van der Waals surface area contributed by atoms with E-state index in [1.807, 2.05) is 24.3 Å². The van der Waals surface area contributed by atoms with Crippen molar-refractivity contribution in [2.24, 2.45) is 0 Å². The van der Waals surface area contributed by atoms with Gasteiger partial charge in [0, 0.05) is 6.54 Å². The molecule has 2 heterocycles. The van der Waals surface area contributed by atoms with Crippen molar-refractivity contribution in [3.05, 3.63) is 59.9 Å². The van der Waals surface area contributed by atoms with E-state index in [1.165, 1.54) is 7.11 Å². The second-order valence-electron chi connectivity index (χ2n) is 5.88. The van der Waals surface area contributed by atoms with Crippen molar-refractivity contribution in [2.45, 2.75) is 6.54 Å². The van der Waals surface area contributed by atoms with Crippen LogP contribution in [0, 0.1) is 0 Å². The molecule has 0 amide bonds. The number of fused-ring (bicyclic) bond motifs is 3. The molecule has 0 saturated carbocycles. The van der Waals surface area contributed by atoms with Crippen LogP contribution in [0.15, 0.2) is 48.8 Å². The third-order valence-corrected chi connectivity index (χ3v) is 4.27. The highest BCUT2D eigenvalue weighted by Gasteiger charge is 2.13. The van der Waals surface area contributed by atoms with E-state index in [0.29, 0.717) is 29.1 Å². The first-order valence-corrected chi connectivity index (χ1v) is 8.28. The second kappa shape index (κ2) is 6.91. The van der Waals surface area contributed by atoms with Gasteiger partial charge in [-0.1, -0.05) is 12.1 Å². The van der Waals surface area contributed by atoms with Gasteiger partial charge < -0.3 is 14.8 Å². The van der Waals surface area contributed by atoms with E-state index in [-0.39, 0.29) is 0 Å². The quantitative estimate of drug-likeness (QED) is 0.545. The minimum Gasteiger partial charge on any atom is -0.497 e. The monoisotopic (exact) mass is 363 g/mol. The molecule has 4 rings (SSSR count). The predicted molar refractivity (Wildman–Crippen MR) is 99.9 cm³/mol. The molecule has 0 atom stereocenters. The van der Waals surface area contributed by atoms with Crippen LogP contribution in [0.3, 0.4) is 0 Å². The molecule has 2 aromatic heterocycles. The molecule has 8 nitrogen and oxygen atoms in total. The van der Waals surface area contributed by atoms with Crippen molar-refractivity contribution in [1.29, 1.82) is 0 Å². The van der Waals surface area contributed by atoms with Crippen molar-refractivity contribution >= 4 is 28.5 Å². The summed E-state index contributed by atoms with van der Waals surface area (Å²) in [5.74, 6) is 1.02. The van der Waals surface area contributed by atoms with Crippen LogP contribution in [-0.4, -0.2) is 39.8 Å². The lowest BCUT2D eigenvalue weighted by atomic mass is 10.2. The van der Waals surface area contributed by atoms with Crippen LogP contribution in [0.1, 0.15) is 15.9 Å². The van der Waals surface area contributed by atoms with Gasteiger partial charge in [-0.2, -0.15) is 0 Å². The van der Waals surface area contributed by atoms with Crippen LogP contribution in [0.25, 0.3) is 16.7 Å². The molecule has 4 aromatic rings. The first kappa shape index (κ1) is 16.8. The van der Waals surface area contributed by atoms with Gasteiger partial charge in [0.1, 0.15) is 12.1 Å². The Labute approximate surface area is 154 Å². The maximum absolute atomic E-state index is 11.8. The fraction of sp³-hybridized carbons (Fsp3) is 0.158. The molecule has 0 fully saturated rings. The Bertz CT molecular complexity index is 1120. The van der Waals surface area contributed by atoms with Crippen LogP contribution in [0.5, 0.6) is 5.75 Å². The van der Waals surface area contributed by atoms with Crippen molar-refractivity contribution in [1.82, 2.24) is 19.6 Å². The summed E-state index contributed by atoms with van der Waals surface area (Å²) >= 11 is 0. The summed E-state index contributed by atoms with van der Waals surface area (Å²) in [6.07, 6.45) is 1.60. The summed E-state index contributed by atoms with van der Waals surface area (Å²) in [4.78, 5) is 16.4. The number of esters is 1. The van der Waals surface area contributed by atoms with Crippen LogP contribution in [-0.2, 0) is 11.3 Å². The number of aromatic nitrogens is 4. The van der Waals surface area contributed by atoms with Gasteiger partial charge in [0.2, 0.25) is 5.65 Å². The lowest BCUT2D eigenvalue weighted by Crippen LogP contribution is -2.06. The molecule has 0 spiro atoms. The topological polar surface area (TPSA) is 90.6 Å². The molecule has 1 N–H and O–H groups in total. The number of benzene rings is 2. The van der Waals surface area contributed by atoms with E-state index in [1.54, 1.807) is 36.0 Å². The fourth-order valence-corrected chi connectivity index (χ4v) is 2.85. The summed E-state index contributed by atoms with van der Waals surface area (Å²) < 4.78 is 11.8. The third-order valence-electron chi connectivity index (χ3n) is 4.27. The Morgan fingerprint density at radius 3 is 2.70 bits per heavy atom. The average Bonchev–Trinajstić information content (AvgIpc) is 3.22. The Morgan fingerprint density at radius 1 is 1.15 bits per heavy atom. The summed E-state index contributed by atoms with van der Waals surface area (Å²) in [6, 6.07) is 13.0. The van der Waals surface area contributed by atoms with Gasteiger partial charge in [-0.15, -0.1) is 10.2 Å². The molecule has 0 saturated heterocycles. The van der Waals surface area contributed by atoms with Gasteiger partial charge in [0.25, 0.3) is 0 Å². The van der Waals surface area contributed by atoms with Crippen LogP contribution in [0.2, 0.25) is 0 Å². The molecule has 0 aliphatic heterocycles. The Balaban J connectivity index is 1.69. The first-order valence-electron chi connectivity index (χ1n) is 8.28. The number of nitrogens with one attached hydrogen (secondary N) is 1. The number of hydrogen-bond acceptors (Lipinski definition) is 7. The van der Waals surface area contributed by atoms with Gasteiger partial charge in [0.15, 0.2) is 5.82 Å². The van der Waals surface area contributed by atoms with Crippen molar-refractivity contribution < 1.29 is 14.3 Å². The summed E-state index contributed by atoms with van der Waals surface area (Å²) in [5, 5.41) is 11.4. The number of methoxy groups -OCH3 is 2. The summed E-state index contributed by atoms with van der Waals surface area (Å²) in [6.45, 7) is 0.575. The van der Waals surface area contributed by atoms with E-state index < -0.39 is 5.97 Å². The standard InChI is InChI=1S/C19H17N5O3/c1-26-14-6-3-12(4-7-14)10-20-17-18-23-21-11-24(18)16-9-13(19(25)27-2)5-8-15(16)22-17/h3-9,11H,10H2,1-2H3,(H,20,22). The highest BCUT2D eigenvalue weighted by Crippen LogP contribution is 2.22. The number of hydrogen-bond donors (Lipinski definition) is 1. The maximum atomic E-state index is 11.8. The number of rotatable bonds is 5. The van der Waals surface area contributed by atoms with Crippen molar-refractivity contribution in [2.75, 3.05) is 19.5 Å². The van der Waals surface area contributed by atoms with E-state index >= 15 is 0 Å². The number of anilines is 1. The fourth-order valence-electron chi connectivity index (χ4n) is 2.85. The molecule has 0 bridgehead atoms. The smallest absolute Gasteiger partial charge is 0.337 e. The lowest BCUT2D eigenvalue weighted by molar-refractivity contribution is 0.0601. The number of ether oxygens (including phenoxy) is 2. The number of carbonyl (C=O) groups is 1. The van der Waals surface area contributed by atoms with Gasteiger partial charge in [-0.05, 0) is 35.9 Å². The molecule has 136 valence electrons. The summed E-state index contributed by atoms with van der Waals surface area (Å²) in [7, 11) is 2.99. The Morgan fingerprint density at radius 2 is 1.96 bits per heavy atom. The molecule has 0 unspecified atom stereocenters. The zero-order valence-corrected chi connectivity index (χ0v) is 14.8. The number of carbonyl (C=O) groups excluding carboxylic acids is 1. The van der Waals surface area contributed by atoms with Crippen molar-refractivity contribution in [3.63, 3.8) is 0 Å². The molecular weight excluding hydrogens is 346 g/mol. The number of nitrogens with zero attached hydrogens (tertiary/aromatic N) is 4. The third kappa shape index (κ3) is 3.12. The van der Waals surface area contributed by atoms with Gasteiger partial charge >= 0.3 is 5.97 Å². The van der Waals surface area contributed by atoms with Crippen LogP contribution < -0.4 is 10.1 Å². The minimum atomic E-state index is -0.403. The van der Waals surface area contributed by atoms with Gasteiger partial charge in [-0.3, -0.25) is 4.40 Å².